The Bertz CT molecular complexity index is 320. The Balaban J connectivity index is 2.46. The highest BCUT2D eigenvalue weighted by atomic mass is 16.5. The molecular weight excluding hydrogens is 180 g/mol. The summed E-state index contributed by atoms with van der Waals surface area (Å²) in [7, 11) is 1.62. The Morgan fingerprint density at radius 1 is 1.50 bits per heavy atom. The lowest BCUT2D eigenvalue weighted by Crippen LogP contribution is -2.03. The van der Waals surface area contributed by atoms with Crippen molar-refractivity contribution >= 4 is 0 Å². The highest BCUT2D eigenvalue weighted by molar-refractivity contribution is 5.29. The van der Waals surface area contributed by atoms with E-state index in [2.05, 4.69) is 4.98 Å². The SMILES string of the molecule is COCCOCc1cccnc1C#N. The van der Waals surface area contributed by atoms with Gasteiger partial charge in [-0.25, -0.2) is 4.98 Å². The van der Waals surface area contributed by atoms with Gasteiger partial charge in [0, 0.05) is 18.9 Å². The molecule has 0 saturated carbocycles. The van der Waals surface area contributed by atoms with Crippen LogP contribution in [-0.2, 0) is 16.1 Å². The van der Waals surface area contributed by atoms with Crippen molar-refractivity contribution in [2.75, 3.05) is 20.3 Å². The topological polar surface area (TPSA) is 55.1 Å². The third-order valence-corrected chi connectivity index (χ3v) is 1.69. The van der Waals surface area contributed by atoms with E-state index in [0.29, 0.717) is 25.5 Å². The summed E-state index contributed by atoms with van der Waals surface area (Å²) < 4.78 is 10.1. The second kappa shape index (κ2) is 6.08. The zero-order valence-corrected chi connectivity index (χ0v) is 8.06. The highest BCUT2D eigenvalue weighted by Crippen LogP contribution is 2.05. The lowest BCUT2D eigenvalue weighted by atomic mass is 10.2. The van der Waals surface area contributed by atoms with Gasteiger partial charge in [-0.3, -0.25) is 0 Å². The molecule has 0 amide bonds. The molecule has 0 bridgehead atoms. The Labute approximate surface area is 83.1 Å². The molecule has 0 aliphatic rings. The van der Waals surface area contributed by atoms with Gasteiger partial charge in [-0.15, -0.1) is 0 Å². The minimum atomic E-state index is 0.403. The molecule has 0 radical (unpaired) electrons. The van der Waals surface area contributed by atoms with Crippen molar-refractivity contribution in [1.29, 1.82) is 5.26 Å². The van der Waals surface area contributed by atoms with Crippen molar-refractivity contribution in [3.8, 4) is 6.07 Å². The number of pyridine rings is 1. The van der Waals surface area contributed by atoms with E-state index < -0.39 is 0 Å². The Kier molecular flexibility index (Phi) is 4.62. The summed E-state index contributed by atoms with van der Waals surface area (Å²) in [5.74, 6) is 0. The lowest BCUT2D eigenvalue weighted by molar-refractivity contribution is 0.0614. The molecule has 14 heavy (non-hydrogen) atoms. The van der Waals surface area contributed by atoms with Crippen molar-refractivity contribution in [3.63, 3.8) is 0 Å². The number of nitrogens with zero attached hydrogens (tertiary/aromatic N) is 2. The molecule has 74 valence electrons. The first kappa shape index (κ1) is 10.6. The van der Waals surface area contributed by atoms with E-state index in [1.54, 1.807) is 19.4 Å². The Morgan fingerprint density at radius 3 is 3.07 bits per heavy atom. The monoisotopic (exact) mass is 192 g/mol. The Morgan fingerprint density at radius 2 is 2.36 bits per heavy atom. The number of aromatic nitrogens is 1. The van der Waals surface area contributed by atoms with Crippen LogP contribution in [0, 0.1) is 11.3 Å². The van der Waals surface area contributed by atoms with Gasteiger partial charge in [0.2, 0.25) is 0 Å². The molecule has 0 atom stereocenters. The van der Waals surface area contributed by atoms with Crippen LogP contribution in [-0.4, -0.2) is 25.3 Å². The van der Waals surface area contributed by atoms with Crippen molar-refractivity contribution in [2.45, 2.75) is 6.61 Å². The molecule has 4 nitrogen and oxygen atoms in total. The van der Waals surface area contributed by atoms with Crippen LogP contribution >= 0.6 is 0 Å². The average molecular weight is 192 g/mol. The number of hydrogen-bond donors (Lipinski definition) is 0. The molecule has 1 aromatic heterocycles. The summed E-state index contributed by atoms with van der Waals surface area (Å²) in [5.41, 5.74) is 1.23. The summed E-state index contributed by atoms with van der Waals surface area (Å²) in [4.78, 5) is 3.92. The number of methoxy groups -OCH3 is 1. The van der Waals surface area contributed by atoms with Crippen molar-refractivity contribution in [3.05, 3.63) is 29.6 Å². The molecule has 0 fully saturated rings. The van der Waals surface area contributed by atoms with Crippen LogP contribution in [0.5, 0.6) is 0 Å². The van der Waals surface area contributed by atoms with E-state index in [9.17, 15) is 0 Å². The maximum absolute atomic E-state index is 8.73. The molecule has 4 heteroatoms. The van der Waals surface area contributed by atoms with E-state index in [1.165, 1.54) is 0 Å². The molecule has 0 aliphatic heterocycles. The van der Waals surface area contributed by atoms with E-state index in [0.717, 1.165) is 5.56 Å². The third kappa shape index (κ3) is 3.13. The second-order valence-electron chi connectivity index (χ2n) is 2.67. The van der Waals surface area contributed by atoms with Gasteiger partial charge >= 0.3 is 0 Å². The van der Waals surface area contributed by atoms with Crippen molar-refractivity contribution in [1.82, 2.24) is 4.98 Å². The molecule has 0 unspecified atom stereocenters. The van der Waals surface area contributed by atoms with Crippen molar-refractivity contribution < 1.29 is 9.47 Å². The van der Waals surface area contributed by atoms with Crippen LogP contribution in [0.2, 0.25) is 0 Å². The van der Waals surface area contributed by atoms with Gasteiger partial charge in [-0.2, -0.15) is 5.26 Å². The maximum atomic E-state index is 8.73. The molecule has 0 saturated heterocycles. The predicted molar refractivity (Wildman–Crippen MR) is 50.5 cm³/mol. The predicted octanol–water partition coefficient (Wildman–Crippen LogP) is 1.12. The molecule has 1 rings (SSSR count). The van der Waals surface area contributed by atoms with Crippen LogP contribution in [0.1, 0.15) is 11.3 Å². The number of ether oxygens (including phenoxy) is 2. The van der Waals surface area contributed by atoms with E-state index in [4.69, 9.17) is 14.7 Å². The molecule has 0 spiro atoms. The third-order valence-electron chi connectivity index (χ3n) is 1.69. The van der Waals surface area contributed by atoms with Gasteiger partial charge in [-0.05, 0) is 6.07 Å². The van der Waals surface area contributed by atoms with Gasteiger partial charge in [0.1, 0.15) is 11.8 Å². The van der Waals surface area contributed by atoms with Gasteiger partial charge in [0.15, 0.2) is 0 Å². The fourth-order valence-electron chi connectivity index (χ4n) is 0.980. The summed E-state index contributed by atoms with van der Waals surface area (Å²) in [6.07, 6.45) is 1.59. The quantitative estimate of drug-likeness (QED) is 0.656. The fraction of sp³-hybridized carbons (Fsp3) is 0.400. The molecule has 1 heterocycles. The maximum Gasteiger partial charge on any atom is 0.145 e. The standard InChI is InChI=1S/C10H12N2O2/c1-13-5-6-14-8-9-3-2-4-12-10(9)7-11/h2-4H,5-6,8H2,1H3. The average Bonchev–Trinajstić information content (AvgIpc) is 2.25. The van der Waals surface area contributed by atoms with Gasteiger partial charge in [0.05, 0.1) is 19.8 Å². The van der Waals surface area contributed by atoms with Gasteiger partial charge in [-0.1, -0.05) is 6.07 Å². The van der Waals surface area contributed by atoms with E-state index >= 15 is 0 Å². The molecule has 0 aromatic carbocycles. The lowest BCUT2D eigenvalue weighted by Gasteiger charge is -2.04. The summed E-state index contributed by atoms with van der Waals surface area (Å²) in [6, 6.07) is 5.63. The van der Waals surface area contributed by atoms with Gasteiger partial charge in [0.25, 0.3) is 0 Å². The van der Waals surface area contributed by atoms with Crippen LogP contribution in [0.15, 0.2) is 18.3 Å². The Hall–Kier alpha value is -1.44. The summed E-state index contributed by atoms with van der Waals surface area (Å²) in [5, 5.41) is 8.73. The molecule has 0 aliphatic carbocycles. The zero-order chi connectivity index (χ0) is 10.2. The second-order valence-corrected chi connectivity index (χ2v) is 2.67. The number of rotatable bonds is 5. The minimum Gasteiger partial charge on any atom is -0.382 e. The largest absolute Gasteiger partial charge is 0.382 e. The molecule has 1 aromatic rings. The fourth-order valence-corrected chi connectivity index (χ4v) is 0.980. The van der Waals surface area contributed by atoms with Crippen LogP contribution in [0.3, 0.4) is 0 Å². The first-order valence-electron chi connectivity index (χ1n) is 4.29. The number of hydrogen-bond acceptors (Lipinski definition) is 4. The normalized spacial score (nSPS) is 9.71. The van der Waals surface area contributed by atoms with Crippen LogP contribution < -0.4 is 0 Å². The van der Waals surface area contributed by atoms with E-state index in [-0.39, 0.29) is 0 Å². The van der Waals surface area contributed by atoms with Crippen molar-refractivity contribution in [2.24, 2.45) is 0 Å². The molecule has 0 N–H and O–H groups in total. The van der Waals surface area contributed by atoms with Crippen LogP contribution in [0.25, 0.3) is 0 Å². The van der Waals surface area contributed by atoms with E-state index in [1.807, 2.05) is 12.1 Å². The first-order chi connectivity index (χ1) is 6.88. The zero-order valence-electron chi connectivity index (χ0n) is 8.06. The smallest absolute Gasteiger partial charge is 0.145 e. The molecular formula is C10H12N2O2. The van der Waals surface area contributed by atoms with Gasteiger partial charge < -0.3 is 9.47 Å². The summed E-state index contributed by atoms with van der Waals surface area (Å²) >= 11 is 0. The highest BCUT2D eigenvalue weighted by Gasteiger charge is 2.01. The van der Waals surface area contributed by atoms with Crippen LogP contribution in [0.4, 0.5) is 0 Å². The minimum absolute atomic E-state index is 0.403. The number of nitriles is 1. The first-order valence-corrected chi connectivity index (χ1v) is 4.29. The summed E-state index contributed by atoms with van der Waals surface area (Å²) in [6.45, 7) is 1.48.